The first kappa shape index (κ1) is 13.8. The van der Waals surface area contributed by atoms with Gasteiger partial charge in [0.1, 0.15) is 5.75 Å². The summed E-state index contributed by atoms with van der Waals surface area (Å²) in [7, 11) is 0. The van der Waals surface area contributed by atoms with E-state index in [0.717, 1.165) is 38.3 Å². The van der Waals surface area contributed by atoms with Gasteiger partial charge in [-0.15, -0.1) is 0 Å². The van der Waals surface area contributed by atoms with Crippen molar-refractivity contribution in [1.29, 1.82) is 0 Å². The molecule has 1 atom stereocenters. The third-order valence-corrected chi connectivity index (χ3v) is 3.39. The molecule has 1 amide bonds. The summed E-state index contributed by atoms with van der Waals surface area (Å²) in [5, 5.41) is 9.43. The molecular weight excluding hydrogens is 242 g/mol. The predicted molar refractivity (Wildman–Crippen MR) is 73.6 cm³/mol. The van der Waals surface area contributed by atoms with Crippen molar-refractivity contribution in [2.24, 2.45) is 5.73 Å². The minimum absolute atomic E-state index is 0.0250. The number of hydrogen-bond acceptors (Lipinski definition) is 4. The Morgan fingerprint density at radius 2 is 2.05 bits per heavy atom. The molecule has 19 heavy (non-hydrogen) atoms. The molecule has 5 heteroatoms. The van der Waals surface area contributed by atoms with Gasteiger partial charge in [0.05, 0.1) is 6.04 Å². The van der Waals surface area contributed by atoms with Gasteiger partial charge in [0.25, 0.3) is 0 Å². The van der Waals surface area contributed by atoms with Crippen molar-refractivity contribution >= 4 is 5.91 Å². The van der Waals surface area contributed by atoms with Crippen molar-refractivity contribution in [2.75, 3.05) is 26.2 Å². The Labute approximate surface area is 113 Å². The lowest BCUT2D eigenvalue weighted by Crippen LogP contribution is -2.52. The molecule has 1 unspecified atom stereocenters. The number of amides is 1. The lowest BCUT2D eigenvalue weighted by Gasteiger charge is -2.35. The highest BCUT2D eigenvalue weighted by atomic mass is 16.3. The summed E-state index contributed by atoms with van der Waals surface area (Å²) >= 11 is 0. The van der Waals surface area contributed by atoms with Crippen LogP contribution in [0.15, 0.2) is 24.3 Å². The second kappa shape index (κ2) is 6.04. The Morgan fingerprint density at radius 1 is 1.37 bits per heavy atom. The number of carbonyl (C=O) groups is 1. The third-order valence-electron chi connectivity index (χ3n) is 3.39. The van der Waals surface area contributed by atoms with Gasteiger partial charge < -0.3 is 15.7 Å². The van der Waals surface area contributed by atoms with Crippen LogP contribution in [0.4, 0.5) is 0 Å². The summed E-state index contributed by atoms with van der Waals surface area (Å²) in [6.45, 7) is 5.65. The number of nitrogens with two attached hydrogens (primary N) is 1. The number of phenols is 1. The maximum absolute atomic E-state index is 11.8. The van der Waals surface area contributed by atoms with E-state index in [2.05, 4.69) is 4.90 Å². The van der Waals surface area contributed by atoms with E-state index in [-0.39, 0.29) is 5.91 Å². The molecule has 1 aliphatic rings. The summed E-state index contributed by atoms with van der Waals surface area (Å²) in [4.78, 5) is 15.9. The fourth-order valence-electron chi connectivity index (χ4n) is 2.33. The highest BCUT2D eigenvalue weighted by Gasteiger charge is 2.22. The van der Waals surface area contributed by atoms with Gasteiger partial charge >= 0.3 is 0 Å². The van der Waals surface area contributed by atoms with Crippen molar-refractivity contribution in [1.82, 2.24) is 9.80 Å². The molecule has 5 nitrogen and oxygen atoms in total. The Kier molecular flexibility index (Phi) is 4.39. The van der Waals surface area contributed by atoms with Crippen LogP contribution in [0.1, 0.15) is 12.5 Å². The lowest BCUT2D eigenvalue weighted by atomic mass is 10.2. The van der Waals surface area contributed by atoms with Gasteiger partial charge in [-0.05, 0) is 24.6 Å². The summed E-state index contributed by atoms with van der Waals surface area (Å²) < 4.78 is 0. The quantitative estimate of drug-likeness (QED) is 0.827. The Morgan fingerprint density at radius 3 is 2.63 bits per heavy atom. The lowest BCUT2D eigenvalue weighted by molar-refractivity contribution is -0.134. The second-order valence-corrected chi connectivity index (χ2v) is 5.06. The van der Waals surface area contributed by atoms with E-state index in [4.69, 9.17) is 5.73 Å². The number of hydrogen-bond donors (Lipinski definition) is 2. The Balaban J connectivity index is 1.85. The normalized spacial score (nSPS) is 18.3. The molecule has 1 aromatic rings. The zero-order valence-electron chi connectivity index (χ0n) is 11.2. The smallest absolute Gasteiger partial charge is 0.239 e. The average molecular weight is 263 g/mol. The van der Waals surface area contributed by atoms with Gasteiger partial charge in [-0.25, -0.2) is 0 Å². The monoisotopic (exact) mass is 263 g/mol. The van der Waals surface area contributed by atoms with Crippen LogP contribution >= 0.6 is 0 Å². The van der Waals surface area contributed by atoms with Crippen LogP contribution in [0.3, 0.4) is 0 Å². The van der Waals surface area contributed by atoms with E-state index >= 15 is 0 Å². The minimum atomic E-state index is -0.419. The molecule has 1 saturated heterocycles. The van der Waals surface area contributed by atoms with Crippen LogP contribution in [0, 0.1) is 0 Å². The molecule has 0 aromatic heterocycles. The van der Waals surface area contributed by atoms with Crippen molar-refractivity contribution < 1.29 is 9.90 Å². The third kappa shape index (κ3) is 3.68. The average Bonchev–Trinajstić information content (AvgIpc) is 2.39. The van der Waals surface area contributed by atoms with Crippen LogP contribution < -0.4 is 5.73 Å². The van der Waals surface area contributed by atoms with E-state index in [9.17, 15) is 9.90 Å². The summed E-state index contributed by atoms with van der Waals surface area (Å²) in [5.74, 6) is 0.320. The zero-order valence-corrected chi connectivity index (χ0v) is 11.2. The first-order valence-corrected chi connectivity index (χ1v) is 6.61. The molecule has 0 spiro atoms. The number of nitrogens with zero attached hydrogens (tertiary/aromatic N) is 2. The Hall–Kier alpha value is -1.59. The molecule has 1 aromatic carbocycles. The number of rotatable bonds is 3. The fraction of sp³-hybridized carbons (Fsp3) is 0.500. The molecule has 3 N–H and O–H groups in total. The van der Waals surface area contributed by atoms with Gasteiger partial charge in [0.15, 0.2) is 0 Å². The maximum Gasteiger partial charge on any atom is 0.239 e. The van der Waals surface area contributed by atoms with Crippen LogP contribution in [0.25, 0.3) is 0 Å². The molecule has 0 radical (unpaired) electrons. The van der Waals surface area contributed by atoms with Gasteiger partial charge in [-0.3, -0.25) is 9.69 Å². The van der Waals surface area contributed by atoms with Gasteiger partial charge in [0.2, 0.25) is 5.91 Å². The molecule has 1 fully saturated rings. The van der Waals surface area contributed by atoms with Crippen LogP contribution in [-0.2, 0) is 11.3 Å². The van der Waals surface area contributed by atoms with Crippen molar-refractivity contribution in [3.05, 3.63) is 29.8 Å². The first-order valence-electron chi connectivity index (χ1n) is 6.61. The van der Waals surface area contributed by atoms with Gasteiger partial charge in [-0.2, -0.15) is 0 Å². The minimum Gasteiger partial charge on any atom is -0.508 e. The number of phenolic OH excluding ortho intramolecular Hbond substituents is 1. The predicted octanol–water partition coefficient (Wildman–Crippen LogP) is 0.384. The van der Waals surface area contributed by atoms with E-state index in [1.54, 1.807) is 19.1 Å². The Bertz CT molecular complexity index is 440. The second-order valence-electron chi connectivity index (χ2n) is 5.06. The molecule has 1 aliphatic heterocycles. The maximum atomic E-state index is 11.8. The van der Waals surface area contributed by atoms with Gasteiger partial charge in [-0.1, -0.05) is 12.1 Å². The molecule has 0 bridgehead atoms. The standard InChI is InChI=1S/C14H21N3O2/c1-11(15)14(19)17-7-5-16(6-8-17)10-12-3-2-4-13(18)9-12/h2-4,9,11,18H,5-8,10,15H2,1H3. The van der Waals surface area contributed by atoms with E-state index in [1.807, 2.05) is 17.0 Å². The SMILES string of the molecule is CC(N)C(=O)N1CCN(Cc2cccc(O)c2)CC1. The molecule has 0 saturated carbocycles. The highest BCUT2D eigenvalue weighted by molar-refractivity contribution is 5.81. The molecule has 1 heterocycles. The van der Waals surface area contributed by atoms with Crippen LogP contribution in [0.2, 0.25) is 0 Å². The van der Waals surface area contributed by atoms with Crippen molar-refractivity contribution in [3.8, 4) is 5.75 Å². The summed E-state index contributed by atoms with van der Waals surface area (Å²) in [5.41, 5.74) is 6.70. The molecular formula is C14H21N3O2. The topological polar surface area (TPSA) is 69.8 Å². The number of aromatic hydroxyl groups is 1. The number of carbonyl (C=O) groups excluding carboxylic acids is 1. The summed E-state index contributed by atoms with van der Waals surface area (Å²) in [6, 6.07) is 6.87. The number of benzene rings is 1. The van der Waals surface area contributed by atoms with E-state index < -0.39 is 6.04 Å². The van der Waals surface area contributed by atoms with Crippen LogP contribution in [0.5, 0.6) is 5.75 Å². The first-order chi connectivity index (χ1) is 9.06. The van der Waals surface area contributed by atoms with E-state index in [1.165, 1.54) is 0 Å². The molecule has 104 valence electrons. The number of piperazine rings is 1. The van der Waals surface area contributed by atoms with Crippen LogP contribution in [-0.4, -0.2) is 53.0 Å². The summed E-state index contributed by atoms with van der Waals surface area (Å²) in [6.07, 6.45) is 0. The van der Waals surface area contributed by atoms with Crippen molar-refractivity contribution in [2.45, 2.75) is 19.5 Å². The zero-order chi connectivity index (χ0) is 13.8. The fourth-order valence-corrected chi connectivity index (χ4v) is 2.33. The van der Waals surface area contributed by atoms with Crippen molar-refractivity contribution in [3.63, 3.8) is 0 Å². The van der Waals surface area contributed by atoms with Gasteiger partial charge in [0, 0.05) is 32.7 Å². The highest BCUT2D eigenvalue weighted by Crippen LogP contribution is 2.14. The molecule has 2 rings (SSSR count). The molecule has 0 aliphatic carbocycles. The largest absolute Gasteiger partial charge is 0.508 e. The van der Waals surface area contributed by atoms with E-state index in [0.29, 0.717) is 5.75 Å².